The normalized spacial score (nSPS) is 17.0. The molecule has 0 fully saturated rings. The number of hydrogen-bond donors (Lipinski definition) is 0. The Balaban J connectivity index is 1.79. The van der Waals surface area contributed by atoms with Crippen molar-refractivity contribution in [1.29, 1.82) is 0 Å². The average Bonchev–Trinajstić information content (AvgIpc) is 2.77. The van der Waals surface area contributed by atoms with Crippen LogP contribution in [0.25, 0.3) is 0 Å². The van der Waals surface area contributed by atoms with Crippen molar-refractivity contribution in [2.24, 2.45) is 0 Å². The van der Waals surface area contributed by atoms with Crippen LogP contribution in [0.2, 0.25) is 10.0 Å². The number of para-hydroxylation sites is 1. The Morgan fingerprint density at radius 3 is 2.64 bits per heavy atom. The van der Waals surface area contributed by atoms with E-state index in [4.69, 9.17) is 23.2 Å². The molecule has 0 unspecified atom stereocenters. The smallest absolute Gasteiger partial charge is 0.167 e. The average molecular weight is 392 g/mol. The fourth-order valence-electron chi connectivity index (χ4n) is 3.19. The zero-order chi connectivity index (χ0) is 18.2. The molecule has 2 aromatic carbocycles. The lowest BCUT2D eigenvalue weighted by Crippen LogP contribution is -2.24. The second-order valence-electron chi connectivity index (χ2n) is 6.56. The number of nitrogens with zero attached hydrogens (tertiary/aromatic N) is 1. The lowest BCUT2D eigenvalue weighted by atomic mass is 9.83. The number of allylic oxidation sites excluding steroid dienone is 2. The molecule has 130 valence electrons. The van der Waals surface area contributed by atoms with Crippen LogP contribution in [0.15, 0.2) is 59.1 Å². The first-order valence-corrected chi connectivity index (χ1v) is 9.71. The minimum absolute atomic E-state index is 0.0590. The maximum absolute atomic E-state index is 12.6. The van der Waals surface area contributed by atoms with E-state index in [1.54, 1.807) is 24.3 Å². The summed E-state index contributed by atoms with van der Waals surface area (Å²) in [5.74, 6) is 0.382. The van der Waals surface area contributed by atoms with Crippen LogP contribution >= 0.6 is 35.0 Å². The molecule has 2 nitrogen and oxygen atoms in total. The number of hydrogen-bond acceptors (Lipinski definition) is 3. The maximum Gasteiger partial charge on any atom is 0.167 e. The molecule has 0 aliphatic carbocycles. The Kier molecular flexibility index (Phi) is 5.19. The van der Waals surface area contributed by atoms with Gasteiger partial charge in [0.25, 0.3) is 0 Å². The molecule has 5 heteroatoms. The topological polar surface area (TPSA) is 20.3 Å². The molecule has 0 saturated carbocycles. The molecule has 0 spiro atoms. The van der Waals surface area contributed by atoms with E-state index in [0.717, 1.165) is 16.3 Å². The number of halogens is 2. The maximum atomic E-state index is 12.6. The summed E-state index contributed by atoms with van der Waals surface area (Å²) in [5.41, 5.74) is 3.20. The van der Waals surface area contributed by atoms with E-state index in [2.05, 4.69) is 30.9 Å². The van der Waals surface area contributed by atoms with Gasteiger partial charge in [0, 0.05) is 39.8 Å². The number of thioether (sulfide) groups is 1. The van der Waals surface area contributed by atoms with E-state index in [1.165, 1.54) is 17.3 Å². The van der Waals surface area contributed by atoms with Gasteiger partial charge in [0.2, 0.25) is 0 Å². The number of anilines is 1. The molecule has 1 heterocycles. The van der Waals surface area contributed by atoms with Crippen LogP contribution in [0, 0.1) is 0 Å². The summed E-state index contributed by atoms with van der Waals surface area (Å²) in [6, 6.07) is 13.5. The van der Waals surface area contributed by atoms with Crippen LogP contribution in [-0.4, -0.2) is 18.6 Å². The van der Waals surface area contributed by atoms with Gasteiger partial charge in [0.05, 0.1) is 10.8 Å². The Hall–Kier alpha value is -1.42. The minimum Gasteiger partial charge on any atom is -0.347 e. The van der Waals surface area contributed by atoms with Gasteiger partial charge in [-0.3, -0.25) is 4.79 Å². The second-order valence-corrected chi connectivity index (χ2v) is 8.42. The number of carbonyl (C=O) groups is 1. The first-order valence-electron chi connectivity index (χ1n) is 7.97. The third-order valence-electron chi connectivity index (χ3n) is 4.50. The summed E-state index contributed by atoms with van der Waals surface area (Å²) in [7, 11) is 2.01. The lowest BCUT2D eigenvalue weighted by molar-refractivity contribution is -0.112. The highest BCUT2D eigenvalue weighted by atomic mass is 35.5. The van der Waals surface area contributed by atoms with Gasteiger partial charge < -0.3 is 4.90 Å². The zero-order valence-electron chi connectivity index (χ0n) is 14.3. The van der Waals surface area contributed by atoms with Crippen molar-refractivity contribution in [3.05, 3.63) is 69.8 Å². The lowest BCUT2D eigenvalue weighted by Gasteiger charge is -2.23. The third kappa shape index (κ3) is 3.59. The fourth-order valence-corrected chi connectivity index (χ4v) is 4.51. The molecule has 1 aliphatic heterocycles. The van der Waals surface area contributed by atoms with E-state index in [9.17, 15) is 4.79 Å². The van der Waals surface area contributed by atoms with Crippen molar-refractivity contribution in [1.82, 2.24) is 0 Å². The van der Waals surface area contributed by atoms with E-state index >= 15 is 0 Å². The minimum atomic E-state index is -0.195. The molecule has 2 aromatic rings. The van der Waals surface area contributed by atoms with Crippen molar-refractivity contribution in [2.75, 3.05) is 17.7 Å². The zero-order valence-corrected chi connectivity index (χ0v) is 16.7. The van der Waals surface area contributed by atoms with Crippen LogP contribution in [0.1, 0.15) is 19.4 Å². The molecule has 0 N–H and O–H groups in total. The summed E-state index contributed by atoms with van der Waals surface area (Å²) < 4.78 is 0. The van der Waals surface area contributed by atoms with Gasteiger partial charge in [0.15, 0.2) is 5.78 Å². The summed E-state index contributed by atoms with van der Waals surface area (Å²) in [6.07, 6.45) is 1.76. The summed E-state index contributed by atoms with van der Waals surface area (Å²) in [6.45, 7) is 4.30. The molecule has 0 amide bonds. The molecular formula is C20H19Cl2NOS. The van der Waals surface area contributed by atoms with E-state index in [0.29, 0.717) is 15.8 Å². The summed E-state index contributed by atoms with van der Waals surface area (Å²) in [4.78, 5) is 15.5. The van der Waals surface area contributed by atoms with Gasteiger partial charge in [0.1, 0.15) is 0 Å². The van der Waals surface area contributed by atoms with E-state index in [1.807, 2.05) is 19.2 Å². The first-order chi connectivity index (χ1) is 11.8. The number of ketones is 1. The van der Waals surface area contributed by atoms with Crippen molar-refractivity contribution in [2.45, 2.75) is 24.2 Å². The standard InChI is InChI=1S/C20H19Cl2NOS/c1-20(2)15-6-4-5-7-17(15)23(3)19(20)11-14(24)12-25-18-10-13(21)8-9-16(18)22/h4-11H,12H2,1-3H3. The van der Waals surface area contributed by atoms with Crippen molar-refractivity contribution in [3.8, 4) is 0 Å². The van der Waals surface area contributed by atoms with Gasteiger partial charge >= 0.3 is 0 Å². The van der Waals surface area contributed by atoms with Crippen molar-refractivity contribution >= 4 is 46.4 Å². The van der Waals surface area contributed by atoms with Crippen LogP contribution in [0.5, 0.6) is 0 Å². The van der Waals surface area contributed by atoms with E-state index < -0.39 is 0 Å². The number of rotatable bonds is 4. The Labute approximate surface area is 162 Å². The Morgan fingerprint density at radius 2 is 1.92 bits per heavy atom. The van der Waals surface area contributed by atoms with E-state index in [-0.39, 0.29) is 11.2 Å². The molecular weight excluding hydrogens is 373 g/mol. The number of fused-ring (bicyclic) bond motifs is 1. The van der Waals surface area contributed by atoms with Crippen LogP contribution in [-0.2, 0) is 10.2 Å². The van der Waals surface area contributed by atoms with Crippen molar-refractivity contribution < 1.29 is 4.79 Å². The van der Waals surface area contributed by atoms with Gasteiger partial charge in [-0.1, -0.05) is 55.2 Å². The molecule has 0 radical (unpaired) electrons. The fraction of sp³-hybridized carbons (Fsp3) is 0.250. The largest absolute Gasteiger partial charge is 0.347 e. The molecule has 0 saturated heterocycles. The molecule has 0 bridgehead atoms. The second kappa shape index (κ2) is 7.06. The highest BCUT2D eigenvalue weighted by Crippen LogP contribution is 2.46. The first kappa shape index (κ1) is 18.4. The van der Waals surface area contributed by atoms with Crippen LogP contribution in [0.3, 0.4) is 0 Å². The van der Waals surface area contributed by atoms with Gasteiger partial charge in [-0.25, -0.2) is 0 Å². The van der Waals surface area contributed by atoms with Crippen LogP contribution in [0.4, 0.5) is 5.69 Å². The summed E-state index contributed by atoms with van der Waals surface area (Å²) >= 11 is 13.6. The van der Waals surface area contributed by atoms with Crippen LogP contribution < -0.4 is 4.90 Å². The molecule has 25 heavy (non-hydrogen) atoms. The Morgan fingerprint density at radius 1 is 1.20 bits per heavy atom. The highest BCUT2D eigenvalue weighted by Gasteiger charge is 2.38. The van der Waals surface area contributed by atoms with Gasteiger partial charge in [-0.15, -0.1) is 11.8 Å². The predicted molar refractivity (Wildman–Crippen MR) is 108 cm³/mol. The SMILES string of the molecule is CN1C(=CC(=O)CSc2cc(Cl)ccc2Cl)C(C)(C)c2ccccc21. The third-order valence-corrected chi connectivity index (χ3v) is 6.26. The summed E-state index contributed by atoms with van der Waals surface area (Å²) in [5, 5.41) is 1.23. The molecule has 3 rings (SSSR count). The van der Waals surface area contributed by atoms with Crippen molar-refractivity contribution in [3.63, 3.8) is 0 Å². The van der Waals surface area contributed by atoms with Gasteiger partial charge in [-0.2, -0.15) is 0 Å². The molecule has 0 atom stereocenters. The van der Waals surface area contributed by atoms with Gasteiger partial charge in [-0.05, 0) is 29.8 Å². The molecule has 0 aromatic heterocycles. The Bertz CT molecular complexity index is 861. The highest BCUT2D eigenvalue weighted by molar-refractivity contribution is 8.00. The number of carbonyl (C=O) groups excluding carboxylic acids is 1. The quantitative estimate of drug-likeness (QED) is 0.473. The number of benzene rings is 2. The monoisotopic (exact) mass is 391 g/mol. The molecule has 1 aliphatic rings. The predicted octanol–water partition coefficient (Wildman–Crippen LogP) is 5.97. The number of likely N-dealkylation sites (N-methyl/N-ethyl adjacent to an activating group) is 1.